The first kappa shape index (κ1) is 16.8. The van der Waals surface area contributed by atoms with Gasteiger partial charge in [-0.15, -0.1) is 34.0 Å². The minimum absolute atomic E-state index is 0.0626. The molecule has 0 aliphatic carbocycles. The summed E-state index contributed by atoms with van der Waals surface area (Å²) in [5.41, 5.74) is 6.66. The Morgan fingerprint density at radius 1 is 1.08 bits per heavy atom. The van der Waals surface area contributed by atoms with Gasteiger partial charge in [0, 0.05) is 5.38 Å². The maximum absolute atomic E-state index is 12.4. The van der Waals surface area contributed by atoms with Crippen molar-refractivity contribution < 1.29 is 9.59 Å². The second-order valence-electron chi connectivity index (χ2n) is 5.39. The number of rotatable bonds is 5. The number of carbonyl (C=O) groups excluding carboxylic acids is 2. The number of thiophene rings is 1. The van der Waals surface area contributed by atoms with E-state index < -0.39 is 5.91 Å². The number of hydrogen-bond donors (Lipinski definition) is 2. The number of anilines is 1. The van der Waals surface area contributed by atoms with Crippen LogP contribution in [0.3, 0.4) is 0 Å². The van der Waals surface area contributed by atoms with Gasteiger partial charge in [0.05, 0.1) is 32.1 Å². The van der Waals surface area contributed by atoms with Crippen LogP contribution in [0, 0.1) is 0 Å². The van der Waals surface area contributed by atoms with E-state index in [1.807, 2.05) is 30.3 Å². The van der Waals surface area contributed by atoms with Gasteiger partial charge in [0.2, 0.25) is 5.91 Å². The summed E-state index contributed by atoms with van der Waals surface area (Å²) in [6.07, 6.45) is 0.0626. The van der Waals surface area contributed by atoms with Crippen molar-refractivity contribution in [2.24, 2.45) is 5.73 Å². The molecule has 0 bridgehead atoms. The molecule has 0 saturated heterocycles. The standard InChI is InChI=1S/C17H12N4O2S3/c18-14(22)7-9-8-24-17(19-9)21-15(23)12-5-6-13(25-12)16-20-10-3-1-2-4-11(10)26-16/h1-6,8H,7H2,(H2,18,22)(H,19,21,23). The Morgan fingerprint density at radius 2 is 1.92 bits per heavy atom. The van der Waals surface area contributed by atoms with Gasteiger partial charge >= 0.3 is 0 Å². The molecule has 0 saturated carbocycles. The van der Waals surface area contributed by atoms with Crippen LogP contribution in [0.1, 0.15) is 15.4 Å². The summed E-state index contributed by atoms with van der Waals surface area (Å²) in [5, 5.41) is 5.80. The maximum atomic E-state index is 12.4. The summed E-state index contributed by atoms with van der Waals surface area (Å²) in [6, 6.07) is 11.6. The predicted octanol–water partition coefficient (Wildman–Crippen LogP) is 3.76. The Labute approximate surface area is 160 Å². The van der Waals surface area contributed by atoms with Crippen LogP contribution >= 0.6 is 34.0 Å². The van der Waals surface area contributed by atoms with Crippen molar-refractivity contribution in [2.75, 3.05) is 5.32 Å². The molecule has 6 nitrogen and oxygen atoms in total. The molecule has 0 spiro atoms. The molecule has 1 aromatic carbocycles. The van der Waals surface area contributed by atoms with Gasteiger partial charge in [-0.2, -0.15) is 0 Å². The Kier molecular flexibility index (Phi) is 4.49. The third kappa shape index (κ3) is 3.50. The monoisotopic (exact) mass is 400 g/mol. The minimum Gasteiger partial charge on any atom is -0.369 e. The highest BCUT2D eigenvalue weighted by molar-refractivity contribution is 7.26. The van der Waals surface area contributed by atoms with Gasteiger partial charge in [0.25, 0.3) is 5.91 Å². The number of para-hydroxylation sites is 1. The number of fused-ring (bicyclic) bond motifs is 1. The topological polar surface area (TPSA) is 98.0 Å². The smallest absolute Gasteiger partial charge is 0.267 e. The molecule has 2 amide bonds. The number of aromatic nitrogens is 2. The van der Waals surface area contributed by atoms with Gasteiger partial charge < -0.3 is 5.73 Å². The molecular formula is C17H12N4O2S3. The van der Waals surface area contributed by atoms with E-state index in [1.165, 1.54) is 22.7 Å². The van der Waals surface area contributed by atoms with Crippen LogP contribution in [0.5, 0.6) is 0 Å². The lowest BCUT2D eigenvalue weighted by Crippen LogP contribution is -2.14. The van der Waals surface area contributed by atoms with Crippen LogP contribution in [0.2, 0.25) is 0 Å². The highest BCUT2D eigenvalue weighted by Crippen LogP contribution is 2.34. The molecule has 130 valence electrons. The zero-order valence-corrected chi connectivity index (χ0v) is 15.7. The van der Waals surface area contributed by atoms with Gasteiger partial charge in [0.1, 0.15) is 5.01 Å². The number of carbonyl (C=O) groups is 2. The van der Waals surface area contributed by atoms with Crippen molar-refractivity contribution in [3.05, 3.63) is 52.3 Å². The molecule has 3 heterocycles. The van der Waals surface area contributed by atoms with Crippen molar-refractivity contribution >= 4 is 61.2 Å². The number of nitrogens with zero attached hydrogens (tertiary/aromatic N) is 2. The van der Waals surface area contributed by atoms with Crippen LogP contribution < -0.4 is 11.1 Å². The first-order valence-corrected chi connectivity index (χ1v) is 10.1. The molecule has 0 aliphatic rings. The zero-order chi connectivity index (χ0) is 18.1. The van der Waals surface area contributed by atoms with Gasteiger partial charge in [-0.3, -0.25) is 14.9 Å². The lowest BCUT2D eigenvalue weighted by Gasteiger charge is -1.97. The van der Waals surface area contributed by atoms with Crippen LogP contribution in [-0.4, -0.2) is 21.8 Å². The normalized spacial score (nSPS) is 10.9. The summed E-state index contributed by atoms with van der Waals surface area (Å²) in [7, 11) is 0. The predicted molar refractivity (Wildman–Crippen MR) is 106 cm³/mol. The Morgan fingerprint density at radius 3 is 2.73 bits per heavy atom. The molecule has 0 radical (unpaired) electrons. The third-order valence-corrected chi connectivity index (χ3v) is 6.56. The summed E-state index contributed by atoms with van der Waals surface area (Å²) >= 11 is 4.25. The Hall–Kier alpha value is -2.62. The van der Waals surface area contributed by atoms with Crippen molar-refractivity contribution in [2.45, 2.75) is 6.42 Å². The molecule has 26 heavy (non-hydrogen) atoms. The summed E-state index contributed by atoms with van der Waals surface area (Å²) in [6.45, 7) is 0. The van der Waals surface area contributed by atoms with Crippen molar-refractivity contribution in [1.29, 1.82) is 0 Å². The quantitative estimate of drug-likeness (QED) is 0.533. The highest BCUT2D eigenvalue weighted by Gasteiger charge is 2.15. The number of primary amides is 1. The van der Waals surface area contributed by atoms with E-state index in [0.717, 1.165) is 20.1 Å². The third-order valence-electron chi connectivity index (χ3n) is 3.46. The van der Waals surface area contributed by atoms with Gasteiger partial charge in [-0.25, -0.2) is 9.97 Å². The molecule has 0 fully saturated rings. The van der Waals surface area contributed by atoms with Crippen LogP contribution in [-0.2, 0) is 11.2 Å². The fraction of sp³-hybridized carbons (Fsp3) is 0.0588. The van der Waals surface area contributed by atoms with Crippen LogP contribution in [0.4, 0.5) is 5.13 Å². The Balaban J connectivity index is 1.51. The molecule has 0 unspecified atom stereocenters. The Bertz CT molecular complexity index is 1080. The number of hydrogen-bond acceptors (Lipinski definition) is 7. The molecule has 9 heteroatoms. The molecular weight excluding hydrogens is 388 g/mol. The summed E-state index contributed by atoms with van der Waals surface area (Å²) in [4.78, 5) is 33.7. The lowest BCUT2D eigenvalue weighted by molar-refractivity contribution is -0.117. The second kappa shape index (κ2) is 6.94. The van der Waals surface area contributed by atoms with Crippen LogP contribution in [0.25, 0.3) is 20.1 Å². The molecule has 3 N–H and O–H groups in total. The number of nitrogens with one attached hydrogen (secondary N) is 1. The largest absolute Gasteiger partial charge is 0.369 e. The van der Waals surface area contributed by atoms with Crippen molar-refractivity contribution in [1.82, 2.24) is 9.97 Å². The number of benzene rings is 1. The fourth-order valence-corrected chi connectivity index (χ4v) is 4.96. The molecule has 4 rings (SSSR count). The van der Waals surface area contributed by atoms with E-state index in [4.69, 9.17) is 5.73 Å². The molecule has 3 aromatic heterocycles. The molecule has 4 aromatic rings. The van der Waals surface area contributed by atoms with Gasteiger partial charge in [-0.1, -0.05) is 12.1 Å². The van der Waals surface area contributed by atoms with E-state index in [1.54, 1.807) is 22.8 Å². The number of thiazole rings is 2. The summed E-state index contributed by atoms with van der Waals surface area (Å²) < 4.78 is 1.12. The maximum Gasteiger partial charge on any atom is 0.267 e. The highest BCUT2D eigenvalue weighted by atomic mass is 32.1. The van der Waals surface area contributed by atoms with Gasteiger partial charge in [0.15, 0.2) is 5.13 Å². The minimum atomic E-state index is -0.452. The van der Waals surface area contributed by atoms with E-state index in [-0.39, 0.29) is 12.3 Å². The lowest BCUT2D eigenvalue weighted by atomic mass is 10.3. The van der Waals surface area contributed by atoms with E-state index in [2.05, 4.69) is 15.3 Å². The average molecular weight is 401 g/mol. The van der Waals surface area contributed by atoms with Crippen molar-refractivity contribution in [3.63, 3.8) is 0 Å². The summed E-state index contributed by atoms with van der Waals surface area (Å²) in [5.74, 6) is -0.686. The van der Waals surface area contributed by atoms with Gasteiger partial charge in [-0.05, 0) is 24.3 Å². The first-order valence-electron chi connectivity index (χ1n) is 7.58. The van der Waals surface area contributed by atoms with E-state index in [0.29, 0.717) is 15.7 Å². The number of nitrogens with two attached hydrogens (primary N) is 1. The van der Waals surface area contributed by atoms with Crippen molar-refractivity contribution in [3.8, 4) is 9.88 Å². The molecule has 0 aliphatic heterocycles. The second-order valence-corrected chi connectivity index (χ2v) is 8.36. The SMILES string of the molecule is NC(=O)Cc1csc(NC(=O)c2ccc(-c3nc4ccccc4s3)s2)n1. The van der Waals surface area contributed by atoms with Crippen LogP contribution in [0.15, 0.2) is 41.8 Å². The molecule has 0 atom stereocenters. The average Bonchev–Trinajstić information content (AvgIpc) is 3.32. The number of amides is 2. The first-order chi connectivity index (χ1) is 12.6. The zero-order valence-electron chi connectivity index (χ0n) is 13.3. The van der Waals surface area contributed by atoms with E-state index >= 15 is 0 Å². The van der Waals surface area contributed by atoms with E-state index in [9.17, 15) is 9.59 Å². The fourth-order valence-electron chi connectivity index (χ4n) is 2.34.